The van der Waals surface area contributed by atoms with Crippen molar-refractivity contribution in [3.63, 3.8) is 0 Å². The number of carbonyl (C=O) groups excluding carboxylic acids is 1. The van der Waals surface area contributed by atoms with E-state index in [2.05, 4.69) is 10.1 Å². The van der Waals surface area contributed by atoms with E-state index in [1.54, 1.807) is 17.2 Å². The molecule has 1 unspecified atom stereocenters. The van der Waals surface area contributed by atoms with Gasteiger partial charge in [-0.3, -0.25) is 4.79 Å². The number of fused-ring (bicyclic) bond motifs is 2. The van der Waals surface area contributed by atoms with Gasteiger partial charge in [0.1, 0.15) is 5.82 Å². The monoisotopic (exact) mass is 358 g/mol. The maximum absolute atomic E-state index is 13.7. The van der Waals surface area contributed by atoms with Gasteiger partial charge in [-0.2, -0.15) is 5.10 Å². The maximum atomic E-state index is 13.7. The molecule has 1 amide bonds. The SMILES string of the molecule is CCC1c2cc(F)ccc2CCN1C(=O)c1cc2ncc(Cl)cn2n1. The fourth-order valence-electron chi connectivity index (χ4n) is 3.46. The Labute approximate surface area is 149 Å². The molecule has 0 saturated heterocycles. The first-order valence-electron chi connectivity index (χ1n) is 8.17. The molecule has 0 N–H and O–H groups in total. The predicted molar refractivity (Wildman–Crippen MR) is 92.2 cm³/mol. The van der Waals surface area contributed by atoms with Gasteiger partial charge >= 0.3 is 0 Å². The van der Waals surface area contributed by atoms with Gasteiger partial charge in [-0.05, 0) is 36.1 Å². The second-order valence-corrected chi connectivity index (χ2v) is 6.56. The topological polar surface area (TPSA) is 50.5 Å². The number of hydrogen-bond donors (Lipinski definition) is 0. The van der Waals surface area contributed by atoms with Crippen LogP contribution in [0.2, 0.25) is 5.02 Å². The zero-order valence-electron chi connectivity index (χ0n) is 13.6. The Bertz CT molecular complexity index is 971. The molecule has 1 aliphatic rings. The molecule has 0 spiro atoms. The zero-order valence-corrected chi connectivity index (χ0v) is 14.4. The minimum absolute atomic E-state index is 0.159. The van der Waals surface area contributed by atoms with Gasteiger partial charge in [-0.25, -0.2) is 13.9 Å². The average Bonchev–Trinajstić information content (AvgIpc) is 3.03. The molecule has 128 valence electrons. The summed E-state index contributed by atoms with van der Waals surface area (Å²) in [5, 5.41) is 4.74. The van der Waals surface area contributed by atoms with Gasteiger partial charge in [-0.1, -0.05) is 24.6 Å². The van der Waals surface area contributed by atoms with Crippen LogP contribution in [0.3, 0.4) is 0 Å². The van der Waals surface area contributed by atoms with Gasteiger partial charge in [0.15, 0.2) is 11.3 Å². The van der Waals surface area contributed by atoms with E-state index in [9.17, 15) is 9.18 Å². The summed E-state index contributed by atoms with van der Waals surface area (Å²) in [4.78, 5) is 18.9. The Kier molecular flexibility index (Phi) is 3.92. The molecule has 3 heterocycles. The van der Waals surface area contributed by atoms with Crippen molar-refractivity contribution in [1.29, 1.82) is 0 Å². The largest absolute Gasteiger partial charge is 0.330 e. The lowest BCUT2D eigenvalue weighted by molar-refractivity contribution is 0.0648. The Balaban J connectivity index is 1.71. The smallest absolute Gasteiger partial charge is 0.274 e. The number of amides is 1. The number of benzene rings is 1. The summed E-state index contributed by atoms with van der Waals surface area (Å²) >= 11 is 5.92. The average molecular weight is 359 g/mol. The van der Waals surface area contributed by atoms with E-state index >= 15 is 0 Å². The standard InChI is InChI=1S/C18H16ClFN4O/c1-2-16-14-7-13(20)4-3-11(14)5-6-23(16)18(25)15-8-17-21-9-12(19)10-24(17)22-15/h3-4,7-10,16H,2,5-6H2,1H3. The highest BCUT2D eigenvalue weighted by atomic mass is 35.5. The van der Waals surface area contributed by atoms with Gasteiger partial charge in [0.25, 0.3) is 5.91 Å². The normalized spacial score (nSPS) is 16.9. The van der Waals surface area contributed by atoms with E-state index in [0.29, 0.717) is 35.8 Å². The van der Waals surface area contributed by atoms with Crippen LogP contribution in [-0.4, -0.2) is 31.9 Å². The summed E-state index contributed by atoms with van der Waals surface area (Å²) < 4.78 is 15.2. The van der Waals surface area contributed by atoms with Gasteiger partial charge in [0.2, 0.25) is 0 Å². The summed E-state index contributed by atoms with van der Waals surface area (Å²) in [6, 6.07) is 6.31. The summed E-state index contributed by atoms with van der Waals surface area (Å²) in [5.74, 6) is -0.457. The highest BCUT2D eigenvalue weighted by Gasteiger charge is 2.31. The van der Waals surface area contributed by atoms with Crippen LogP contribution < -0.4 is 0 Å². The van der Waals surface area contributed by atoms with Crippen molar-refractivity contribution >= 4 is 23.2 Å². The lowest BCUT2D eigenvalue weighted by atomic mass is 9.90. The highest BCUT2D eigenvalue weighted by Crippen LogP contribution is 2.33. The van der Waals surface area contributed by atoms with Crippen molar-refractivity contribution < 1.29 is 9.18 Å². The summed E-state index contributed by atoms with van der Waals surface area (Å²) in [7, 11) is 0. The molecule has 1 aromatic carbocycles. The first kappa shape index (κ1) is 16.0. The first-order chi connectivity index (χ1) is 12.1. The van der Waals surface area contributed by atoms with E-state index in [1.807, 2.05) is 13.0 Å². The molecular formula is C18H16ClFN4O. The van der Waals surface area contributed by atoms with Gasteiger partial charge in [0, 0.05) is 18.8 Å². The molecule has 0 bridgehead atoms. The van der Waals surface area contributed by atoms with E-state index in [0.717, 1.165) is 11.1 Å². The molecule has 0 fully saturated rings. The zero-order chi connectivity index (χ0) is 17.6. The molecular weight excluding hydrogens is 343 g/mol. The second kappa shape index (κ2) is 6.11. The van der Waals surface area contributed by atoms with Crippen molar-refractivity contribution in [1.82, 2.24) is 19.5 Å². The summed E-state index contributed by atoms with van der Waals surface area (Å²) in [5.41, 5.74) is 2.85. The van der Waals surface area contributed by atoms with Crippen LogP contribution in [0.1, 0.15) is 41.0 Å². The third-order valence-electron chi connectivity index (χ3n) is 4.61. The van der Waals surface area contributed by atoms with E-state index < -0.39 is 0 Å². The number of nitrogens with zero attached hydrogens (tertiary/aromatic N) is 4. The molecule has 0 aliphatic carbocycles. The predicted octanol–water partition coefficient (Wildman–Crippen LogP) is 3.67. The van der Waals surface area contributed by atoms with Crippen molar-refractivity contribution in [2.24, 2.45) is 0 Å². The molecule has 0 saturated carbocycles. The highest BCUT2D eigenvalue weighted by molar-refractivity contribution is 6.30. The minimum Gasteiger partial charge on any atom is -0.330 e. The Morgan fingerprint density at radius 2 is 2.24 bits per heavy atom. The van der Waals surface area contributed by atoms with Crippen LogP contribution in [0, 0.1) is 5.82 Å². The Hall–Kier alpha value is -2.47. The molecule has 1 aliphatic heterocycles. The lowest BCUT2D eigenvalue weighted by Crippen LogP contribution is -2.40. The minimum atomic E-state index is -0.280. The summed E-state index contributed by atoms with van der Waals surface area (Å²) in [6.07, 6.45) is 4.54. The third kappa shape index (κ3) is 2.76. The maximum Gasteiger partial charge on any atom is 0.274 e. The van der Waals surface area contributed by atoms with Crippen molar-refractivity contribution in [3.8, 4) is 0 Å². The number of carbonyl (C=O) groups is 1. The quantitative estimate of drug-likeness (QED) is 0.702. The fraction of sp³-hybridized carbons (Fsp3) is 0.278. The van der Waals surface area contributed by atoms with Crippen LogP contribution in [0.4, 0.5) is 4.39 Å². The van der Waals surface area contributed by atoms with E-state index in [4.69, 9.17) is 11.6 Å². The van der Waals surface area contributed by atoms with Crippen molar-refractivity contribution in [3.05, 3.63) is 64.3 Å². The van der Waals surface area contributed by atoms with Crippen LogP contribution in [-0.2, 0) is 6.42 Å². The van der Waals surface area contributed by atoms with Gasteiger partial charge in [0.05, 0.1) is 17.3 Å². The van der Waals surface area contributed by atoms with Crippen LogP contribution in [0.25, 0.3) is 5.65 Å². The Morgan fingerprint density at radius 1 is 1.40 bits per heavy atom. The molecule has 3 aromatic rings. The van der Waals surface area contributed by atoms with Gasteiger partial charge < -0.3 is 4.90 Å². The molecule has 2 aromatic heterocycles. The molecule has 4 rings (SSSR count). The van der Waals surface area contributed by atoms with Crippen molar-refractivity contribution in [2.75, 3.05) is 6.54 Å². The number of halogens is 2. The first-order valence-corrected chi connectivity index (χ1v) is 8.55. The molecule has 25 heavy (non-hydrogen) atoms. The second-order valence-electron chi connectivity index (χ2n) is 6.12. The molecule has 0 radical (unpaired) electrons. The molecule has 1 atom stereocenters. The van der Waals surface area contributed by atoms with E-state index in [-0.39, 0.29) is 17.8 Å². The van der Waals surface area contributed by atoms with Gasteiger partial charge in [-0.15, -0.1) is 0 Å². The van der Waals surface area contributed by atoms with Crippen LogP contribution in [0.15, 0.2) is 36.7 Å². The Morgan fingerprint density at radius 3 is 3.04 bits per heavy atom. The van der Waals surface area contributed by atoms with Crippen LogP contribution in [0.5, 0.6) is 0 Å². The summed E-state index contributed by atoms with van der Waals surface area (Å²) in [6.45, 7) is 2.58. The number of rotatable bonds is 2. The third-order valence-corrected chi connectivity index (χ3v) is 4.81. The van der Waals surface area contributed by atoms with Crippen LogP contribution >= 0.6 is 11.6 Å². The number of hydrogen-bond acceptors (Lipinski definition) is 3. The number of aromatic nitrogens is 3. The molecule has 5 nitrogen and oxygen atoms in total. The van der Waals surface area contributed by atoms with Crippen molar-refractivity contribution in [2.45, 2.75) is 25.8 Å². The molecule has 7 heteroatoms. The van der Waals surface area contributed by atoms with E-state index in [1.165, 1.54) is 22.8 Å². The lowest BCUT2D eigenvalue weighted by Gasteiger charge is -2.36. The fourth-order valence-corrected chi connectivity index (χ4v) is 3.60.